The van der Waals surface area contributed by atoms with Crippen LogP contribution in [0.5, 0.6) is 0 Å². The molecule has 1 heterocycles. The molecule has 3 rings (SSSR count). The largest absolute Gasteiger partial charge is 0.465 e. The molecule has 0 fully saturated rings. The second-order valence-corrected chi connectivity index (χ2v) is 5.57. The van der Waals surface area contributed by atoms with Gasteiger partial charge in [0.2, 0.25) is 0 Å². The molecular formula is C17H12O3S. The lowest BCUT2D eigenvalue weighted by molar-refractivity contribution is 0.0603. The number of esters is 1. The smallest absolute Gasteiger partial charge is 0.339 e. The molecule has 0 spiro atoms. The molecule has 21 heavy (non-hydrogen) atoms. The van der Waals surface area contributed by atoms with Gasteiger partial charge < -0.3 is 4.74 Å². The minimum Gasteiger partial charge on any atom is -0.465 e. The fraction of sp³-hybridized carbons (Fsp3) is 0.0588. The lowest BCUT2D eigenvalue weighted by atomic mass is 10.1. The van der Waals surface area contributed by atoms with Crippen molar-refractivity contribution in [2.24, 2.45) is 0 Å². The molecule has 0 aliphatic heterocycles. The van der Waals surface area contributed by atoms with Crippen LogP contribution in [0, 0.1) is 0 Å². The summed E-state index contributed by atoms with van der Waals surface area (Å²) in [6, 6.07) is 16.4. The fourth-order valence-electron chi connectivity index (χ4n) is 2.19. The Balaban J connectivity index is 2.32. The molecule has 0 saturated heterocycles. The predicted molar refractivity (Wildman–Crippen MR) is 84.9 cm³/mol. The summed E-state index contributed by atoms with van der Waals surface area (Å²) in [7, 11) is 1.34. The maximum atomic E-state index is 12.3. The molecule has 0 N–H and O–H groups in total. The zero-order valence-electron chi connectivity index (χ0n) is 11.3. The molecular weight excluding hydrogens is 284 g/mol. The van der Waals surface area contributed by atoms with Crippen LogP contribution in [0.2, 0.25) is 0 Å². The quantitative estimate of drug-likeness (QED) is 0.677. The van der Waals surface area contributed by atoms with Crippen LogP contribution < -0.4 is 5.43 Å². The first-order chi connectivity index (χ1) is 10.2. The maximum absolute atomic E-state index is 12.3. The molecule has 0 amide bonds. The first-order valence-corrected chi connectivity index (χ1v) is 7.23. The highest BCUT2D eigenvalue weighted by Crippen LogP contribution is 2.30. The molecule has 104 valence electrons. The fourth-order valence-corrected chi connectivity index (χ4v) is 3.37. The van der Waals surface area contributed by atoms with Gasteiger partial charge in [-0.2, -0.15) is 0 Å². The second-order valence-electron chi connectivity index (χ2n) is 4.51. The van der Waals surface area contributed by atoms with Gasteiger partial charge in [-0.3, -0.25) is 4.79 Å². The molecule has 0 saturated carbocycles. The van der Waals surface area contributed by atoms with E-state index in [4.69, 9.17) is 4.74 Å². The highest BCUT2D eigenvalue weighted by molar-refractivity contribution is 7.21. The monoisotopic (exact) mass is 296 g/mol. The molecule has 1 aromatic heterocycles. The molecule has 2 aromatic carbocycles. The van der Waals surface area contributed by atoms with Crippen LogP contribution in [-0.4, -0.2) is 13.1 Å². The van der Waals surface area contributed by atoms with Crippen LogP contribution in [-0.2, 0) is 4.74 Å². The van der Waals surface area contributed by atoms with E-state index >= 15 is 0 Å². The van der Waals surface area contributed by atoms with E-state index in [0.717, 1.165) is 10.4 Å². The first kappa shape index (κ1) is 13.5. The Morgan fingerprint density at radius 2 is 1.81 bits per heavy atom. The van der Waals surface area contributed by atoms with Crippen LogP contribution in [0.1, 0.15) is 10.4 Å². The third-order valence-corrected chi connectivity index (χ3v) is 4.44. The summed E-state index contributed by atoms with van der Waals surface area (Å²) in [5.41, 5.74) is 1.30. The zero-order chi connectivity index (χ0) is 14.8. The highest BCUT2D eigenvalue weighted by atomic mass is 32.1. The second kappa shape index (κ2) is 5.50. The van der Waals surface area contributed by atoms with Gasteiger partial charge in [-0.25, -0.2) is 4.79 Å². The van der Waals surface area contributed by atoms with E-state index in [-0.39, 0.29) is 5.43 Å². The maximum Gasteiger partial charge on any atom is 0.339 e. The van der Waals surface area contributed by atoms with Crippen LogP contribution >= 0.6 is 11.3 Å². The van der Waals surface area contributed by atoms with Gasteiger partial charge in [-0.1, -0.05) is 36.4 Å². The van der Waals surface area contributed by atoms with Crippen molar-refractivity contribution < 1.29 is 9.53 Å². The average molecular weight is 296 g/mol. The van der Waals surface area contributed by atoms with Gasteiger partial charge in [0.15, 0.2) is 5.43 Å². The van der Waals surface area contributed by atoms with Gasteiger partial charge in [0.05, 0.1) is 17.4 Å². The molecule has 0 bridgehead atoms. The van der Waals surface area contributed by atoms with Gasteiger partial charge in [0, 0.05) is 16.3 Å². The average Bonchev–Trinajstić information content (AvgIpc) is 2.54. The highest BCUT2D eigenvalue weighted by Gasteiger charge is 2.13. The number of ether oxygens (including phenoxy) is 1. The number of carbonyl (C=O) groups is 1. The molecule has 0 radical (unpaired) electrons. The molecule has 4 heteroatoms. The summed E-state index contributed by atoms with van der Waals surface area (Å²) < 4.78 is 5.46. The Labute approximate surface area is 125 Å². The summed E-state index contributed by atoms with van der Waals surface area (Å²) in [4.78, 5) is 25.0. The van der Waals surface area contributed by atoms with Crippen LogP contribution in [0.3, 0.4) is 0 Å². The standard InChI is InChI=1S/C17H12O3S/c1-20-17(19)13-9-5-8-12-14(18)10-15(21-16(12)13)11-6-3-2-4-7-11/h2-10H,1H3. The molecule has 0 unspecified atom stereocenters. The van der Waals surface area contributed by atoms with Crippen molar-refractivity contribution in [1.29, 1.82) is 0 Å². The van der Waals surface area contributed by atoms with Crippen LogP contribution in [0.25, 0.3) is 20.5 Å². The lowest BCUT2D eigenvalue weighted by Gasteiger charge is -2.06. The van der Waals surface area contributed by atoms with Crippen molar-refractivity contribution in [2.75, 3.05) is 7.11 Å². The normalized spacial score (nSPS) is 10.5. The van der Waals surface area contributed by atoms with E-state index < -0.39 is 5.97 Å². The van der Waals surface area contributed by atoms with E-state index in [2.05, 4.69) is 0 Å². The molecule has 0 aliphatic rings. The molecule has 3 nitrogen and oxygen atoms in total. The van der Waals surface area contributed by atoms with Gasteiger partial charge in [-0.05, 0) is 17.7 Å². The number of methoxy groups -OCH3 is 1. The van der Waals surface area contributed by atoms with E-state index in [1.165, 1.54) is 18.4 Å². The Kier molecular flexibility index (Phi) is 3.54. The van der Waals surface area contributed by atoms with Crippen molar-refractivity contribution in [3.8, 4) is 10.4 Å². The summed E-state index contributed by atoms with van der Waals surface area (Å²) in [6.07, 6.45) is 0. The number of rotatable bonds is 2. The van der Waals surface area contributed by atoms with Crippen molar-refractivity contribution >= 4 is 27.4 Å². The third-order valence-electron chi connectivity index (χ3n) is 3.22. The third kappa shape index (κ3) is 2.45. The Bertz CT molecular complexity index is 866. The van der Waals surface area contributed by atoms with E-state index in [9.17, 15) is 9.59 Å². The Morgan fingerprint density at radius 1 is 1.05 bits per heavy atom. The Hall–Kier alpha value is -2.46. The molecule has 0 atom stereocenters. The van der Waals surface area contributed by atoms with Crippen LogP contribution in [0.15, 0.2) is 59.4 Å². The number of fused-ring (bicyclic) bond motifs is 1. The topological polar surface area (TPSA) is 43.4 Å². The predicted octanol–water partition coefficient (Wildman–Crippen LogP) is 3.72. The summed E-state index contributed by atoms with van der Waals surface area (Å²) >= 11 is 1.42. The number of hydrogen-bond acceptors (Lipinski definition) is 4. The summed E-state index contributed by atoms with van der Waals surface area (Å²) in [5.74, 6) is -0.429. The number of carbonyl (C=O) groups excluding carboxylic acids is 1. The first-order valence-electron chi connectivity index (χ1n) is 6.41. The summed E-state index contributed by atoms with van der Waals surface area (Å²) in [5, 5.41) is 0.544. The van der Waals surface area contributed by atoms with Crippen molar-refractivity contribution in [3.63, 3.8) is 0 Å². The zero-order valence-corrected chi connectivity index (χ0v) is 12.1. The van der Waals surface area contributed by atoms with Gasteiger partial charge in [0.1, 0.15) is 0 Å². The molecule has 3 aromatic rings. The van der Waals surface area contributed by atoms with Crippen molar-refractivity contribution in [3.05, 3.63) is 70.4 Å². The minimum atomic E-state index is -0.429. The number of benzene rings is 2. The van der Waals surface area contributed by atoms with Crippen molar-refractivity contribution in [2.45, 2.75) is 0 Å². The minimum absolute atomic E-state index is 0.0895. The van der Waals surface area contributed by atoms with Gasteiger partial charge >= 0.3 is 5.97 Å². The van der Waals surface area contributed by atoms with Crippen LogP contribution in [0.4, 0.5) is 0 Å². The van der Waals surface area contributed by atoms with Gasteiger partial charge in [-0.15, -0.1) is 11.3 Å². The van der Waals surface area contributed by atoms with E-state index in [1.807, 2.05) is 30.3 Å². The van der Waals surface area contributed by atoms with Gasteiger partial charge in [0.25, 0.3) is 0 Å². The molecule has 0 aliphatic carbocycles. The van der Waals surface area contributed by atoms with E-state index in [0.29, 0.717) is 15.6 Å². The Morgan fingerprint density at radius 3 is 2.52 bits per heavy atom. The summed E-state index contributed by atoms with van der Waals surface area (Å²) in [6.45, 7) is 0. The van der Waals surface area contributed by atoms with E-state index in [1.54, 1.807) is 24.3 Å². The van der Waals surface area contributed by atoms with Crippen molar-refractivity contribution in [1.82, 2.24) is 0 Å². The number of hydrogen-bond donors (Lipinski definition) is 0. The lowest BCUT2D eigenvalue weighted by Crippen LogP contribution is -2.05. The SMILES string of the molecule is COC(=O)c1cccc2c(=O)cc(-c3ccccc3)sc12.